The van der Waals surface area contributed by atoms with E-state index in [0.29, 0.717) is 17.9 Å². The van der Waals surface area contributed by atoms with Gasteiger partial charge in [0.2, 0.25) is 0 Å². The van der Waals surface area contributed by atoms with Crippen LogP contribution in [0.5, 0.6) is 0 Å². The Morgan fingerprint density at radius 3 is 2.60 bits per heavy atom. The molecular weight excluding hydrogens is 256 g/mol. The van der Waals surface area contributed by atoms with E-state index in [1.165, 1.54) is 0 Å². The molecule has 1 N–H and O–H groups in total. The van der Waals surface area contributed by atoms with E-state index in [2.05, 4.69) is 15.2 Å². The van der Waals surface area contributed by atoms with Gasteiger partial charge in [0.15, 0.2) is 5.65 Å². The average molecular weight is 276 g/mol. The number of carbonyl (C=O) groups is 1. The van der Waals surface area contributed by atoms with Gasteiger partial charge in [-0.3, -0.25) is 9.20 Å². The molecule has 0 fully saturated rings. The van der Waals surface area contributed by atoms with Gasteiger partial charge in [0.05, 0.1) is 5.41 Å². The molecule has 2 heterocycles. The van der Waals surface area contributed by atoms with Crippen LogP contribution in [0.25, 0.3) is 5.65 Å². The van der Waals surface area contributed by atoms with Gasteiger partial charge in [-0.1, -0.05) is 13.8 Å². The molecular formula is C14H20N4O2. The largest absolute Gasteiger partial charge is 0.481 e. The summed E-state index contributed by atoms with van der Waals surface area (Å²) < 4.78 is 1.83. The van der Waals surface area contributed by atoms with Crippen LogP contribution in [0.15, 0.2) is 6.07 Å². The first-order valence-electron chi connectivity index (χ1n) is 6.67. The molecule has 0 aliphatic heterocycles. The van der Waals surface area contributed by atoms with Crippen molar-refractivity contribution in [3.63, 3.8) is 0 Å². The van der Waals surface area contributed by atoms with E-state index in [1.807, 2.05) is 38.2 Å². The van der Waals surface area contributed by atoms with Crippen molar-refractivity contribution in [3.8, 4) is 0 Å². The Morgan fingerprint density at radius 2 is 2.05 bits per heavy atom. The summed E-state index contributed by atoms with van der Waals surface area (Å²) in [4.78, 5) is 16.0. The molecule has 6 heteroatoms. The van der Waals surface area contributed by atoms with Crippen LogP contribution in [0.3, 0.4) is 0 Å². The minimum Gasteiger partial charge on any atom is -0.481 e. The molecule has 1 atom stereocenters. The minimum atomic E-state index is -0.875. The van der Waals surface area contributed by atoms with Crippen LogP contribution >= 0.6 is 0 Å². The van der Waals surface area contributed by atoms with Crippen LogP contribution in [0, 0.1) is 25.2 Å². The summed E-state index contributed by atoms with van der Waals surface area (Å²) in [5.74, 6) is 0.591. The van der Waals surface area contributed by atoms with Crippen LogP contribution in [-0.4, -0.2) is 30.7 Å². The number of carboxylic acids is 1. The maximum Gasteiger partial charge on any atom is 0.310 e. The highest BCUT2D eigenvalue weighted by Crippen LogP contribution is 2.31. The molecule has 2 rings (SSSR count). The van der Waals surface area contributed by atoms with E-state index < -0.39 is 11.4 Å². The smallest absolute Gasteiger partial charge is 0.310 e. The van der Waals surface area contributed by atoms with Gasteiger partial charge in [0.1, 0.15) is 11.6 Å². The van der Waals surface area contributed by atoms with Crippen molar-refractivity contribution in [1.29, 1.82) is 0 Å². The fourth-order valence-corrected chi connectivity index (χ4v) is 2.27. The second-order valence-corrected chi connectivity index (χ2v) is 5.81. The number of rotatable bonds is 4. The summed E-state index contributed by atoms with van der Waals surface area (Å²) in [5.41, 5.74) is 0.709. The van der Waals surface area contributed by atoms with Gasteiger partial charge in [0.25, 0.3) is 0 Å². The van der Waals surface area contributed by atoms with Crippen molar-refractivity contribution in [2.75, 3.05) is 0 Å². The third kappa shape index (κ3) is 2.26. The number of nitrogens with zero attached hydrogens (tertiary/aromatic N) is 4. The maximum absolute atomic E-state index is 11.6. The highest BCUT2D eigenvalue weighted by molar-refractivity contribution is 5.74. The molecule has 0 saturated heterocycles. The third-order valence-electron chi connectivity index (χ3n) is 4.04. The Morgan fingerprint density at radius 1 is 1.40 bits per heavy atom. The first-order valence-corrected chi connectivity index (χ1v) is 6.67. The van der Waals surface area contributed by atoms with Crippen molar-refractivity contribution in [2.24, 2.45) is 11.3 Å². The summed E-state index contributed by atoms with van der Waals surface area (Å²) >= 11 is 0. The molecule has 1 unspecified atom stereocenters. The fraction of sp³-hybridized carbons (Fsp3) is 0.571. The zero-order valence-corrected chi connectivity index (χ0v) is 12.5. The molecule has 2 aromatic rings. The van der Waals surface area contributed by atoms with E-state index in [9.17, 15) is 9.90 Å². The molecule has 0 aliphatic rings. The van der Waals surface area contributed by atoms with Crippen molar-refractivity contribution < 1.29 is 9.90 Å². The van der Waals surface area contributed by atoms with Gasteiger partial charge in [-0.15, -0.1) is 10.2 Å². The van der Waals surface area contributed by atoms with Crippen molar-refractivity contribution in [2.45, 2.75) is 41.0 Å². The highest BCUT2D eigenvalue weighted by atomic mass is 16.4. The number of fused-ring (bicyclic) bond motifs is 1. The van der Waals surface area contributed by atoms with Gasteiger partial charge < -0.3 is 5.11 Å². The lowest BCUT2D eigenvalue weighted by Gasteiger charge is -2.28. The lowest BCUT2D eigenvalue weighted by molar-refractivity contribution is -0.150. The SMILES string of the molecule is Cc1cc2nnc(CC(C)(C(=O)O)C(C)C)n2c(C)n1. The predicted octanol–water partition coefficient (Wildman–Crippen LogP) is 2.03. The Labute approximate surface area is 117 Å². The molecule has 2 aromatic heterocycles. The molecule has 0 spiro atoms. The molecule has 0 radical (unpaired) electrons. The van der Waals surface area contributed by atoms with E-state index in [1.54, 1.807) is 6.92 Å². The fourth-order valence-electron chi connectivity index (χ4n) is 2.27. The zero-order chi connectivity index (χ0) is 15.1. The maximum atomic E-state index is 11.6. The second-order valence-electron chi connectivity index (χ2n) is 5.81. The van der Waals surface area contributed by atoms with Gasteiger partial charge >= 0.3 is 5.97 Å². The number of aliphatic carboxylic acids is 1. The van der Waals surface area contributed by atoms with Crippen LogP contribution in [0.4, 0.5) is 0 Å². The van der Waals surface area contributed by atoms with Crippen molar-refractivity contribution >= 4 is 11.6 Å². The van der Waals surface area contributed by atoms with Crippen LogP contribution in [-0.2, 0) is 11.2 Å². The lowest BCUT2D eigenvalue weighted by Crippen LogP contribution is -2.36. The molecule has 6 nitrogen and oxygen atoms in total. The number of carboxylic acid groups (broad SMARTS) is 1. The number of hydrogen-bond donors (Lipinski definition) is 1. The van der Waals surface area contributed by atoms with E-state index in [0.717, 1.165) is 11.5 Å². The van der Waals surface area contributed by atoms with Crippen LogP contribution in [0.2, 0.25) is 0 Å². The normalized spacial score (nSPS) is 14.7. The Hall–Kier alpha value is -1.98. The second kappa shape index (κ2) is 4.85. The monoisotopic (exact) mass is 276 g/mol. The number of hydrogen-bond acceptors (Lipinski definition) is 4. The summed E-state index contributed by atoms with van der Waals surface area (Å²) in [5, 5.41) is 17.8. The summed E-state index contributed by atoms with van der Waals surface area (Å²) in [7, 11) is 0. The quantitative estimate of drug-likeness (QED) is 0.924. The van der Waals surface area contributed by atoms with Crippen LogP contribution in [0.1, 0.15) is 38.1 Å². The molecule has 20 heavy (non-hydrogen) atoms. The van der Waals surface area contributed by atoms with E-state index in [4.69, 9.17) is 0 Å². The standard InChI is InChI=1S/C14H20N4O2/c1-8(2)14(5,13(19)20)7-12-17-16-11-6-9(3)15-10(4)18(11)12/h6,8H,7H2,1-5H3,(H,19,20). The Kier molecular flexibility index (Phi) is 3.50. The summed E-state index contributed by atoms with van der Waals surface area (Å²) in [6, 6.07) is 1.84. The first-order chi connectivity index (χ1) is 9.25. The highest BCUT2D eigenvalue weighted by Gasteiger charge is 2.38. The van der Waals surface area contributed by atoms with Gasteiger partial charge in [0, 0.05) is 18.2 Å². The average Bonchev–Trinajstić information content (AvgIpc) is 2.71. The minimum absolute atomic E-state index is 0.00827. The number of aryl methyl sites for hydroxylation is 2. The topological polar surface area (TPSA) is 80.4 Å². The van der Waals surface area contributed by atoms with Crippen molar-refractivity contribution in [3.05, 3.63) is 23.4 Å². The first kappa shape index (κ1) is 14.4. The number of aromatic nitrogens is 4. The Bertz CT molecular complexity index is 662. The van der Waals surface area contributed by atoms with Gasteiger partial charge in [-0.2, -0.15) is 0 Å². The summed E-state index contributed by atoms with van der Waals surface area (Å²) in [6.45, 7) is 9.34. The van der Waals surface area contributed by atoms with E-state index >= 15 is 0 Å². The molecule has 0 aliphatic carbocycles. The van der Waals surface area contributed by atoms with Gasteiger partial charge in [-0.25, -0.2) is 4.98 Å². The molecule has 0 saturated carbocycles. The Balaban J connectivity index is 2.52. The molecule has 0 aromatic carbocycles. The van der Waals surface area contributed by atoms with Crippen molar-refractivity contribution in [1.82, 2.24) is 19.6 Å². The molecule has 0 amide bonds. The summed E-state index contributed by atoms with van der Waals surface area (Å²) in [6.07, 6.45) is 0.326. The van der Waals surface area contributed by atoms with Gasteiger partial charge in [-0.05, 0) is 26.7 Å². The predicted molar refractivity (Wildman–Crippen MR) is 74.5 cm³/mol. The lowest BCUT2D eigenvalue weighted by atomic mass is 9.76. The molecule has 0 bridgehead atoms. The zero-order valence-electron chi connectivity index (χ0n) is 12.5. The van der Waals surface area contributed by atoms with E-state index in [-0.39, 0.29) is 5.92 Å². The van der Waals surface area contributed by atoms with Crippen LogP contribution < -0.4 is 0 Å². The molecule has 108 valence electrons. The third-order valence-corrected chi connectivity index (χ3v) is 4.04.